The molecule has 0 saturated heterocycles. The Morgan fingerprint density at radius 3 is 2.75 bits per heavy atom. The molecule has 0 spiro atoms. The number of carboxylic acids is 1. The van der Waals surface area contributed by atoms with E-state index in [-0.39, 0.29) is 0 Å². The first-order chi connectivity index (χ1) is 9.47. The quantitative estimate of drug-likeness (QED) is 0.864. The number of nitrogens with zero attached hydrogens (tertiary/aromatic N) is 2. The van der Waals surface area contributed by atoms with E-state index in [9.17, 15) is 4.79 Å². The summed E-state index contributed by atoms with van der Waals surface area (Å²) < 4.78 is 2.68. The van der Waals surface area contributed by atoms with Gasteiger partial charge in [0.15, 0.2) is 0 Å². The molecular formula is C15H15BrN2O2. The molecule has 0 aliphatic rings. The first kappa shape index (κ1) is 14.5. The van der Waals surface area contributed by atoms with Crippen molar-refractivity contribution in [3.8, 4) is 5.69 Å². The fourth-order valence-corrected chi connectivity index (χ4v) is 2.15. The number of aliphatic carboxylic acids is 1. The van der Waals surface area contributed by atoms with Crippen LogP contribution in [0.2, 0.25) is 0 Å². The van der Waals surface area contributed by atoms with Gasteiger partial charge in [-0.15, -0.1) is 0 Å². The number of hydrogen-bond donors (Lipinski definition) is 1. The molecule has 2 rings (SSSR count). The third-order valence-electron chi connectivity index (χ3n) is 2.85. The number of benzene rings is 1. The van der Waals surface area contributed by atoms with Crippen molar-refractivity contribution >= 4 is 28.0 Å². The molecule has 5 heteroatoms. The normalized spacial score (nSPS) is 11.4. The molecule has 0 saturated carbocycles. The molecule has 4 nitrogen and oxygen atoms in total. The second kappa shape index (κ2) is 6.05. The van der Waals surface area contributed by atoms with Crippen LogP contribution in [0.4, 0.5) is 0 Å². The molecule has 0 fully saturated rings. The SMILES string of the molecule is CC(C)c1ccn(-c2cc(Br)ccc2C=CC(=O)O)n1. The summed E-state index contributed by atoms with van der Waals surface area (Å²) in [6.07, 6.45) is 4.58. The molecule has 0 amide bonds. The number of rotatable bonds is 4. The Morgan fingerprint density at radius 1 is 1.40 bits per heavy atom. The largest absolute Gasteiger partial charge is 0.478 e. The van der Waals surface area contributed by atoms with Crippen molar-refractivity contribution in [3.05, 3.63) is 52.3 Å². The van der Waals surface area contributed by atoms with Gasteiger partial charge < -0.3 is 5.11 Å². The Bertz CT molecular complexity index is 660. The molecule has 0 atom stereocenters. The maximum Gasteiger partial charge on any atom is 0.328 e. The van der Waals surface area contributed by atoms with Gasteiger partial charge in [0.25, 0.3) is 0 Å². The second-order valence-electron chi connectivity index (χ2n) is 4.71. The van der Waals surface area contributed by atoms with Crippen LogP contribution in [0.3, 0.4) is 0 Å². The van der Waals surface area contributed by atoms with Crippen molar-refractivity contribution in [1.82, 2.24) is 9.78 Å². The summed E-state index contributed by atoms with van der Waals surface area (Å²) in [7, 11) is 0. The highest BCUT2D eigenvalue weighted by atomic mass is 79.9. The van der Waals surface area contributed by atoms with Crippen LogP contribution >= 0.6 is 15.9 Å². The van der Waals surface area contributed by atoms with Crippen LogP contribution in [0.5, 0.6) is 0 Å². The monoisotopic (exact) mass is 334 g/mol. The summed E-state index contributed by atoms with van der Waals surface area (Å²) in [6.45, 7) is 4.16. The lowest BCUT2D eigenvalue weighted by Gasteiger charge is -2.07. The van der Waals surface area contributed by atoms with E-state index in [0.29, 0.717) is 5.92 Å². The van der Waals surface area contributed by atoms with Gasteiger partial charge in [-0.05, 0) is 30.2 Å². The summed E-state index contributed by atoms with van der Waals surface area (Å²) in [6, 6.07) is 7.61. The van der Waals surface area contributed by atoms with E-state index in [1.807, 2.05) is 30.5 Å². The molecule has 20 heavy (non-hydrogen) atoms. The molecule has 1 aromatic heterocycles. The molecule has 0 radical (unpaired) electrons. The molecule has 1 heterocycles. The summed E-state index contributed by atoms with van der Waals surface area (Å²) in [5.41, 5.74) is 2.64. The highest BCUT2D eigenvalue weighted by Gasteiger charge is 2.08. The third-order valence-corrected chi connectivity index (χ3v) is 3.34. The van der Waals surface area contributed by atoms with E-state index in [4.69, 9.17) is 5.11 Å². The smallest absolute Gasteiger partial charge is 0.328 e. The third kappa shape index (κ3) is 3.36. The maximum absolute atomic E-state index is 10.7. The van der Waals surface area contributed by atoms with Crippen molar-refractivity contribution in [2.24, 2.45) is 0 Å². The van der Waals surface area contributed by atoms with E-state index in [1.165, 1.54) is 0 Å². The van der Waals surface area contributed by atoms with Crippen LogP contribution in [0.15, 0.2) is 41.0 Å². The highest BCUT2D eigenvalue weighted by molar-refractivity contribution is 9.10. The molecular weight excluding hydrogens is 320 g/mol. The van der Waals surface area contributed by atoms with Gasteiger partial charge >= 0.3 is 5.97 Å². The molecule has 2 aromatic rings. The highest BCUT2D eigenvalue weighted by Crippen LogP contribution is 2.22. The minimum absolute atomic E-state index is 0.349. The van der Waals surface area contributed by atoms with Crippen LogP contribution in [0, 0.1) is 0 Å². The summed E-state index contributed by atoms with van der Waals surface area (Å²) in [5.74, 6) is -0.622. The van der Waals surface area contributed by atoms with E-state index in [0.717, 1.165) is 27.5 Å². The van der Waals surface area contributed by atoms with Crippen molar-refractivity contribution in [2.75, 3.05) is 0 Å². The Morgan fingerprint density at radius 2 is 2.15 bits per heavy atom. The van der Waals surface area contributed by atoms with Gasteiger partial charge in [0.1, 0.15) is 0 Å². The Labute approximate surface area is 125 Å². The molecule has 0 unspecified atom stereocenters. The minimum atomic E-state index is -0.970. The lowest BCUT2D eigenvalue weighted by Crippen LogP contribution is -2.00. The average Bonchev–Trinajstić information content (AvgIpc) is 2.86. The van der Waals surface area contributed by atoms with Crippen LogP contribution in [0.25, 0.3) is 11.8 Å². The zero-order valence-corrected chi connectivity index (χ0v) is 12.8. The molecule has 0 aliphatic carbocycles. The number of hydrogen-bond acceptors (Lipinski definition) is 2. The molecule has 0 aliphatic heterocycles. The average molecular weight is 335 g/mol. The minimum Gasteiger partial charge on any atom is -0.478 e. The fraction of sp³-hybridized carbons (Fsp3) is 0.200. The van der Waals surface area contributed by atoms with E-state index in [1.54, 1.807) is 10.8 Å². The van der Waals surface area contributed by atoms with Gasteiger partial charge in [-0.25, -0.2) is 9.48 Å². The van der Waals surface area contributed by atoms with Crippen molar-refractivity contribution in [3.63, 3.8) is 0 Å². The zero-order valence-electron chi connectivity index (χ0n) is 11.2. The number of carbonyl (C=O) groups is 1. The van der Waals surface area contributed by atoms with Crippen LogP contribution in [0.1, 0.15) is 31.0 Å². The molecule has 104 valence electrons. The zero-order chi connectivity index (χ0) is 14.7. The molecule has 0 bridgehead atoms. The number of halogens is 1. The van der Waals surface area contributed by atoms with E-state index in [2.05, 4.69) is 34.9 Å². The molecule has 1 N–H and O–H groups in total. The van der Waals surface area contributed by atoms with Gasteiger partial charge in [0.05, 0.1) is 11.4 Å². The van der Waals surface area contributed by atoms with E-state index >= 15 is 0 Å². The first-order valence-corrected chi connectivity index (χ1v) is 7.03. The maximum atomic E-state index is 10.7. The topological polar surface area (TPSA) is 55.1 Å². The van der Waals surface area contributed by atoms with Gasteiger partial charge in [-0.1, -0.05) is 35.8 Å². The number of carboxylic acid groups (broad SMARTS) is 1. The predicted octanol–water partition coefficient (Wildman–Crippen LogP) is 3.86. The Kier molecular flexibility index (Phi) is 4.39. The second-order valence-corrected chi connectivity index (χ2v) is 5.63. The first-order valence-electron chi connectivity index (χ1n) is 6.24. The van der Waals surface area contributed by atoms with Crippen LogP contribution in [-0.4, -0.2) is 20.9 Å². The van der Waals surface area contributed by atoms with Gasteiger partial charge in [-0.2, -0.15) is 5.10 Å². The Balaban J connectivity index is 2.47. The summed E-state index contributed by atoms with van der Waals surface area (Å²) in [5, 5.41) is 13.3. The molecule has 1 aromatic carbocycles. The fourth-order valence-electron chi connectivity index (χ4n) is 1.80. The van der Waals surface area contributed by atoms with Gasteiger partial charge in [0.2, 0.25) is 0 Å². The van der Waals surface area contributed by atoms with Crippen molar-refractivity contribution in [2.45, 2.75) is 19.8 Å². The van der Waals surface area contributed by atoms with Gasteiger partial charge in [0, 0.05) is 22.3 Å². The predicted molar refractivity (Wildman–Crippen MR) is 82.0 cm³/mol. The standard InChI is InChI=1S/C15H15BrN2O2/c1-10(2)13-7-8-18(17-13)14-9-12(16)5-3-11(14)4-6-15(19)20/h3-10H,1-2H3,(H,19,20). The lowest BCUT2D eigenvalue weighted by atomic mass is 10.1. The van der Waals surface area contributed by atoms with Crippen LogP contribution in [-0.2, 0) is 4.79 Å². The van der Waals surface area contributed by atoms with Crippen molar-refractivity contribution in [1.29, 1.82) is 0 Å². The van der Waals surface area contributed by atoms with E-state index < -0.39 is 5.97 Å². The summed E-state index contributed by atoms with van der Waals surface area (Å²) >= 11 is 3.43. The summed E-state index contributed by atoms with van der Waals surface area (Å²) in [4.78, 5) is 10.7. The Hall–Kier alpha value is -1.88. The van der Waals surface area contributed by atoms with Crippen molar-refractivity contribution < 1.29 is 9.90 Å². The lowest BCUT2D eigenvalue weighted by molar-refractivity contribution is -0.131. The number of aromatic nitrogens is 2. The van der Waals surface area contributed by atoms with Gasteiger partial charge in [-0.3, -0.25) is 0 Å². The van der Waals surface area contributed by atoms with Crippen LogP contribution < -0.4 is 0 Å².